The highest BCUT2D eigenvalue weighted by Crippen LogP contribution is 2.46. The predicted molar refractivity (Wildman–Crippen MR) is 94.4 cm³/mol. The second-order valence-electron chi connectivity index (χ2n) is 7.18. The number of hydrogen-bond acceptors (Lipinski definition) is 3. The Kier molecular flexibility index (Phi) is 3.34. The molecule has 0 aromatic heterocycles. The van der Waals surface area contributed by atoms with Gasteiger partial charge in [-0.25, -0.2) is 0 Å². The fourth-order valence-electron chi connectivity index (χ4n) is 4.24. The molecule has 3 nitrogen and oxygen atoms in total. The normalized spacial score (nSPS) is 18.8. The zero-order chi connectivity index (χ0) is 16.0. The van der Waals surface area contributed by atoms with Crippen molar-refractivity contribution >= 4 is 5.69 Å². The van der Waals surface area contributed by atoms with Gasteiger partial charge in [0.15, 0.2) is 0 Å². The summed E-state index contributed by atoms with van der Waals surface area (Å²) in [7, 11) is 3.93. The Hall–Kier alpha value is -2.00. The van der Waals surface area contributed by atoms with Crippen LogP contribution < -0.4 is 9.64 Å². The highest BCUT2D eigenvalue weighted by atomic mass is 16.5. The van der Waals surface area contributed by atoms with Gasteiger partial charge >= 0.3 is 0 Å². The highest BCUT2D eigenvalue weighted by molar-refractivity contribution is 5.65. The van der Waals surface area contributed by atoms with Gasteiger partial charge < -0.3 is 14.5 Å². The topological polar surface area (TPSA) is 15.7 Å². The molecule has 4 rings (SSSR count). The van der Waals surface area contributed by atoms with Gasteiger partial charge in [-0.05, 0) is 48.9 Å². The molecule has 2 heterocycles. The summed E-state index contributed by atoms with van der Waals surface area (Å²) in [6, 6.07) is 15.4. The summed E-state index contributed by atoms with van der Waals surface area (Å²) in [4.78, 5) is 4.97. The third-order valence-electron chi connectivity index (χ3n) is 5.24. The summed E-state index contributed by atoms with van der Waals surface area (Å²) in [6.45, 7) is 6.61. The number of likely N-dealkylation sites (tertiary alicyclic amines) is 1. The van der Waals surface area contributed by atoms with Crippen LogP contribution in [0.3, 0.4) is 0 Å². The van der Waals surface area contributed by atoms with Crippen molar-refractivity contribution in [3.63, 3.8) is 0 Å². The third-order valence-corrected chi connectivity index (χ3v) is 5.24. The molecule has 0 radical (unpaired) electrons. The van der Waals surface area contributed by atoms with E-state index in [-0.39, 0.29) is 0 Å². The first-order valence-electron chi connectivity index (χ1n) is 8.27. The van der Waals surface area contributed by atoms with E-state index in [0.717, 1.165) is 18.8 Å². The molecule has 0 amide bonds. The summed E-state index contributed by atoms with van der Waals surface area (Å²) < 4.78 is 5.26. The summed E-state index contributed by atoms with van der Waals surface area (Å²) in [5.74, 6) is 0.920. The second-order valence-corrected chi connectivity index (χ2v) is 7.18. The Morgan fingerprint density at radius 3 is 2.43 bits per heavy atom. The van der Waals surface area contributed by atoms with Crippen LogP contribution in [0.15, 0.2) is 42.5 Å². The van der Waals surface area contributed by atoms with Gasteiger partial charge in [0.2, 0.25) is 0 Å². The molecule has 2 aromatic rings. The first kappa shape index (κ1) is 14.6. The average Bonchev–Trinajstić information content (AvgIpc) is 2.82. The Balaban J connectivity index is 1.63. The van der Waals surface area contributed by atoms with Crippen LogP contribution in [0.25, 0.3) is 0 Å². The van der Waals surface area contributed by atoms with Gasteiger partial charge in [0.05, 0.1) is 7.11 Å². The first-order chi connectivity index (χ1) is 11.1. The van der Waals surface area contributed by atoms with Crippen molar-refractivity contribution in [2.75, 3.05) is 38.7 Å². The molecule has 2 aromatic carbocycles. The minimum absolute atomic E-state index is 0.338. The maximum atomic E-state index is 5.26. The lowest BCUT2D eigenvalue weighted by Crippen LogP contribution is -2.59. The van der Waals surface area contributed by atoms with Gasteiger partial charge in [0, 0.05) is 37.3 Å². The number of ether oxygens (including phenoxy) is 1. The summed E-state index contributed by atoms with van der Waals surface area (Å²) >= 11 is 0. The maximum absolute atomic E-state index is 5.26. The van der Waals surface area contributed by atoms with Gasteiger partial charge in [-0.1, -0.05) is 24.3 Å². The summed E-state index contributed by atoms with van der Waals surface area (Å²) in [5.41, 5.74) is 5.98. The Morgan fingerprint density at radius 2 is 1.78 bits per heavy atom. The predicted octanol–water partition coefficient (Wildman–Crippen LogP) is 3.21. The number of methoxy groups -OCH3 is 1. The Morgan fingerprint density at radius 1 is 1.04 bits per heavy atom. The molecule has 0 aliphatic carbocycles. The number of rotatable bonds is 3. The summed E-state index contributed by atoms with van der Waals surface area (Å²) in [6.07, 6.45) is 0. The van der Waals surface area contributed by atoms with Crippen LogP contribution in [-0.4, -0.2) is 38.7 Å². The molecule has 3 heteroatoms. The molecule has 2 aliphatic rings. The zero-order valence-corrected chi connectivity index (χ0v) is 14.2. The lowest BCUT2D eigenvalue weighted by atomic mass is 9.75. The van der Waals surface area contributed by atoms with E-state index in [9.17, 15) is 0 Å². The van der Waals surface area contributed by atoms with Crippen LogP contribution in [-0.2, 0) is 12.0 Å². The number of likely N-dealkylation sites (N-methyl/N-ethyl adjacent to an activating group) is 1. The van der Waals surface area contributed by atoms with E-state index < -0.39 is 0 Å². The second kappa shape index (κ2) is 5.27. The number of nitrogens with zero attached hydrogens (tertiary/aromatic N) is 2. The fraction of sp³-hybridized carbons (Fsp3) is 0.400. The first-order valence-corrected chi connectivity index (χ1v) is 8.27. The minimum atomic E-state index is 0.338. The van der Waals surface area contributed by atoms with Gasteiger partial charge in [-0.2, -0.15) is 0 Å². The van der Waals surface area contributed by atoms with Crippen LogP contribution >= 0.6 is 0 Å². The van der Waals surface area contributed by atoms with Gasteiger partial charge in [0.25, 0.3) is 0 Å². The van der Waals surface area contributed by atoms with Crippen LogP contribution in [0.4, 0.5) is 5.69 Å². The van der Waals surface area contributed by atoms with Crippen molar-refractivity contribution in [2.24, 2.45) is 0 Å². The average molecular weight is 308 g/mol. The number of fused-ring (bicyclic) bond motifs is 2. The van der Waals surface area contributed by atoms with Crippen LogP contribution in [0, 0.1) is 6.92 Å². The quantitative estimate of drug-likeness (QED) is 0.866. The van der Waals surface area contributed by atoms with Crippen molar-refractivity contribution in [3.05, 3.63) is 59.2 Å². The molecule has 1 fully saturated rings. The SMILES string of the molecule is COc1ccc(CN2CC3(CN(C)C3)c3ccc(C)cc32)cc1. The molecule has 0 saturated carbocycles. The van der Waals surface area contributed by atoms with Crippen LogP contribution in [0.5, 0.6) is 5.75 Å². The van der Waals surface area contributed by atoms with Gasteiger partial charge in [0.1, 0.15) is 5.75 Å². The van der Waals surface area contributed by atoms with E-state index >= 15 is 0 Å². The van der Waals surface area contributed by atoms with E-state index in [1.807, 2.05) is 0 Å². The monoisotopic (exact) mass is 308 g/mol. The van der Waals surface area contributed by atoms with Crippen molar-refractivity contribution in [2.45, 2.75) is 18.9 Å². The third kappa shape index (κ3) is 2.40. The van der Waals surface area contributed by atoms with Gasteiger partial charge in [-0.15, -0.1) is 0 Å². The molecular weight excluding hydrogens is 284 g/mol. The molecule has 1 saturated heterocycles. The number of hydrogen-bond donors (Lipinski definition) is 0. The van der Waals surface area contributed by atoms with Crippen molar-refractivity contribution in [1.29, 1.82) is 0 Å². The van der Waals surface area contributed by atoms with Crippen LogP contribution in [0.1, 0.15) is 16.7 Å². The lowest BCUT2D eigenvalue weighted by Gasteiger charge is -2.46. The minimum Gasteiger partial charge on any atom is -0.497 e. The zero-order valence-electron chi connectivity index (χ0n) is 14.2. The Labute approximate surface area is 138 Å². The molecule has 2 aliphatic heterocycles. The largest absolute Gasteiger partial charge is 0.497 e. The van der Waals surface area contributed by atoms with E-state index in [2.05, 4.69) is 66.2 Å². The standard InChI is InChI=1S/C20H24N2O/c1-15-4-9-18-19(10-15)22(14-20(18)12-21(2)13-20)11-16-5-7-17(23-3)8-6-16/h4-10H,11-14H2,1-3H3. The van der Waals surface area contributed by atoms with Crippen molar-refractivity contribution < 1.29 is 4.74 Å². The molecule has 0 unspecified atom stereocenters. The molecule has 0 bridgehead atoms. The number of aryl methyl sites for hydroxylation is 1. The highest BCUT2D eigenvalue weighted by Gasteiger charge is 2.49. The summed E-state index contributed by atoms with van der Waals surface area (Å²) in [5, 5.41) is 0. The Bertz CT molecular complexity index is 717. The number of anilines is 1. The molecule has 0 N–H and O–H groups in total. The van der Waals surface area contributed by atoms with Crippen molar-refractivity contribution in [1.82, 2.24) is 4.90 Å². The van der Waals surface area contributed by atoms with Crippen LogP contribution in [0.2, 0.25) is 0 Å². The molecular formula is C20H24N2O. The molecule has 23 heavy (non-hydrogen) atoms. The maximum Gasteiger partial charge on any atom is 0.118 e. The smallest absolute Gasteiger partial charge is 0.118 e. The molecule has 1 spiro atoms. The fourth-order valence-corrected chi connectivity index (χ4v) is 4.24. The van der Waals surface area contributed by atoms with Gasteiger partial charge in [-0.3, -0.25) is 0 Å². The lowest BCUT2D eigenvalue weighted by molar-refractivity contribution is 0.106. The van der Waals surface area contributed by atoms with E-state index in [1.165, 1.54) is 35.5 Å². The van der Waals surface area contributed by atoms with E-state index in [1.54, 1.807) is 7.11 Å². The number of benzene rings is 2. The molecule has 120 valence electrons. The van der Waals surface area contributed by atoms with Crippen molar-refractivity contribution in [3.8, 4) is 5.75 Å². The van der Waals surface area contributed by atoms with E-state index in [0.29, 0.717) is 5.41 Å². The molecule has 0 atom stereocenters. The van der Waals surface area contributed by atoms with E-state index in [4.69, 9.17) is 4.74 Å².